The molecule has 1 unspecified atom stereocenters. The van der Waals surface area contributed by atoms with Crippen LogP contribution in [0.15, 0.2) is 78.9 Å². The highest BCUT2D eigenvalue weighted by atomic mass is 35.5. The third-order valence-electron chi connectivity index (χ3n) is 7.67. The zero-order valence-corrected chi connectivity index (χ0v) is 24.4. The summed E-state index contributed by atoms with van der Waals surface area (Å²) in [6.07, 6.45) is 7.90. The van der Waals surface area contributed by atoms with Gasteiger partial charge in [0, 0.05) is 27.0 Å². The predicted octanol–water partition coefficient (Wildman–Crippen LogP) is 8.51. The first-order valence-corrected chi connectivity index (χ1v) is 15.4. The van der Waals surface area contributed by atoms with Gasteiger partial charge in [-0.2, -0.15) is 0 Å². The Morgan fingerprint density at radius 3 is 2.56 bits per heavy atom. The van der Waals surface area contributed by atoms with Gasteiger partial charge in [-0.25, -0.2) is 4.98 Å². The number of hydrogen-bond acceptors (Lipinski definition) is 3. The third-order valence-corrected chi connectivity index (χ3v) is 10.0. The van der Waals surface area contributed by atoms with E-state index >= 15 is 0 Å². The number of rotatable bonds is 10. The van der Waals surface area contributed by atoms with Crippen LogP contribution in [-0.2, 0) is 22.8 Å². The lowest BCUT2D eigenvalue weighted by Gasteiger charge is -2.24. The van der Waals surface area contributed by atoms with Crippen LogP contribution in [0.3, 0.4) is 0 Å². The molecule has 1 aliphatic carbocycles. The molecule has 0 radical (unpaired) electrons. The Morgan fingerprint density at radius 1 is 1.03 bits per heavy atom. The monoisotopic (exact) mass is 557 g/mol. The van der Waals surface area contributed by atoms with Crippen molar-refractivity contribution in [2.45, 2.75) is 57.3 Å². The minimum atomic E-state index is -0.995. The van der Waals surface area contributed by atoms with Crippen molar-refractivity contribution < 1.29 is 9.32 Å². The van der Waals surface area contributed by atoms with E-state index in [4.69, 9.17) is 16.6 Å². The van der Waals surface area contributed by atoms with Gasteiger partial charge in [0.25, 0.3) is 0 Å². The SMILES string of the molecule is CC1(CS(=O)[C@@H](CCc2ccccc2C(C)(C)O)c2cccc(/C=C/c3ccc4ccc(Cl)cc4n3)c2)CC1. The molecule has 0 spiro atoms. The molecule has 0 saturated heterocycles. The fourth-order valence-electron chi connectivity index (χ4n) is 5.12. The van der Waals surface area contributed by atoms with E-state index in [1.807, 2.05) is 62.4 Å². The molecule has 0 amide bonds. The Balaban J connectivity index is 1.40. The summed E-state index contributed by atoms with van der Waals surface area (Å²) in [5.41, 5.74) is 5.22. The molecule has 5 heteroatoms. The second-order valence-corrected chi connectivity index (χ2v) is 13.7. The standard InChI is InChI=1S/C34H36ClNO2S/c1-33(2,37)30-10-5-4-8-25(30)14-18-32(39(38)23-34(3)19-20-34)27-9-6-7-24(21-27)11-16-29-17-13-26-12-15-28(35)22-31(26)36-29/h4-13,15-17,21-22,32,37H,14,18-20,23H2,1-3H3/b16-11+/t32-,39?/m0/s1. The van der Waals surface area contributed by atoms with Crippen LogP contribution in [0.5, 0.6) is 0 Å². The van der Waals surface area contributed by atoms with Gasteiger partial charge < -0.3 is 5.11 Å². The van der Waals surface area contributed by atoms with E-state index in [1.54, 1.807) is 0 Å². The lowest BCUT2D eigenvalue weighted by molar-refractivity contribution is 0.0776. The zero-order chi connectivity index (χ0) is 27.6. The smallest absolute Gasteiger partial charge is 0.0843 e. The summed E-state index contributed by atoms with van der Waals surface area (Å²) in [5, 5.41) is 12.4. The highest BCUT2D eigenvalue weighted by Gasteiger charge is 2.40. The van der Waals surface area contributed by atoms with Crippen molar-refractivity contribution in [3.8, 4) is 0 Å². The predicted molar refractivity (Wildman–Crippen MR) is 165 cm³/mol. The average Bonchev–Trinajstić information content (AvgIpc) is 3.63. The highest BCUT2D eigenvalue weighted by molar-refractivity contribution is 7.85. The Labute approximate surface area is 239 Å². The van der Waals surface area contributed by atoms with Crippen LogP contribution in [-0.4, -0.2) is 20.1 Å². The van der Waals surface area contributed by atoms with E-state index in [0.29, 0.717) is 5.02 Å². The van der Waals surface area contributed by atoms with Gasteiger partial charge in [0.2, 0.25) is 0 Å². The number of aliphatic hydroxyl groups is 1. The number of aromatic nitrogens is 1. The second-order valence-electron chi connectivity index (χ2n) is 11.7. The summed E-state index contributed by atoms with van der Waals surface area (Å²) in [6, 6.07) is 26.2. The molecule has 202 valence electrons. The van der Waals surface area contributed by atoms with Gasteiger partial charge in [0.05, 0.1) is 22.1 Å². The van der Waals surface area contributed by atoms with Crippen molar-refractivity contribution in [1.29, 1.82) is 0 Å². The molecule has 1 saturated carbocycles. The minimum absolute atomic E-state index is 0.0772. The van der Waals surface area contributed by atoms with Crippen LogP contribution in [0.2, 0.25) is 5.02 Å². The third kappa shape index (κ3) is 7.05. The number of hydrogen-bond donors (Lipinski definition) is 1. The topological polar surface area (TPSA) is 50.2 Å². The molecule has 0 bridgehead atoms. The van der Waals surface area contributed by atoms with Gasteiger partial charge >= 0.3 is 0 Å². The molecule has 3 aromatic carbocycles. The van der Waals surface area contributed by atoms with Crippen molar-refractivity contribution in [3.63, 3.8) is 0 Å². The molecular weight excluding hydrogens is 522 g/mol. The van der Waals surface area contributed by atoms with Crippen molar-refractivity contribution in [2.24, 2.45) is 5.41 Å². The molecule has 2 atom stereocenters. The Bertz CT molecular complexity index is 1530. The Morgan fingerprint density at radius 2 is 1.79 bits per heavy atom. The number of fused-ring (bicyclic) bond motifs is 1. The van der Waals surface area contributed by atoms with Crippen LogP contribution in [0.1, 0.15) is 73.2 Å². The first-order valence-electron chi connectivity index (χ1n) is 13.6. The second kappa shape index (κ2) is 11.4. The summed E-state index contributed by atoms with van der Waals surface area (Å²) < 4.78 is 13.8. The fourth-order valence-corrected chi connectivity index (χ4v) is 7.29. The first kappa shape index (κ1) is 27.8. The largest absolute Gasteiger partial charge is 0.386 e. The summed E-state index contributed by atoms with van der Waals surface area (Å²) in [4.78, 5) is 4.73. The van der Waals surface area contributed by atoms with Crippen molar-refractivity contribution in [2.75, 3.05) is 5.75 Å². The van der Waals surface area contributed by atoms with Crippen LogP contribution in [0.25, 0.3) is 23.1 Å². The molecule has 0 aliphatic heterocycles. The van der Waals surface area contributed by atoms with Crippen molar-refractivity contribution in [3.05, 3.63) is 112 Å². The van der Waals surface area contributed by atoms with E-state index in [0.717, 1.165) is 70.3 Å². The van der Waals surface area contributed by atoms with Crippen molar-refractivity contribution in [1.82, 2.24) is 4.98 Å². The zero-order valence-electron chi connectivity index (χ0n) is 22.9. The molecule has 1 N–H and O–H groups in total. The molecule has 3 nitrogen and oxygen atoms in total. The lowest BCUT2D eigenvalue weighted by Crippen LogP contribution is -2.19. The normalized spacial score (nSPS) is 16.4. The van der Waals surface area contributed by atoms with Gasteiger partial charge in [-0.05, 0) is 91.5 Å². The van der Waals surface area contributed by atoms with Crippen LogP contribution < -0.4 is 0 Å². The number of nitrogens with zero attached hydrogens (tertiary/aromatic N) is 1. The lowest BCUT2D eigenvalue weighted by atomic mass is 9.90. The summed E-state index contributed by atoms with van der Waals surface area (Å²) in [5.74, 6) is 0.731. The van der Waals surface area contributed by atoms with Crippen molar-refractivity contribution >= 4 is 45.5 Å². The maximum absolute atomic E-state index is 13.8. The Kier molecular flexibility index (Phi) is 8.09. The molecule has 1 fully saturated rings. The molecular formula is C34H36ClNO2S. The highest BCUT2D eigenvalue weighted by Crippen LogP contribution is 2.47. The van der Waals surface area contributed by atoms with Gasteiger partial charge in [-0.3, -0.25) is 4.21 Å². The fraction of sp³-hybridized carbons (Fsp3) is 0.324. The number of benzene rings is 3. The quantitative estimate of drug-likeness (QED) is 0.212. The molecule has 1 aromatic heterocycles. The van der Waals surface area contributed by atoms with E-state index < -0.39 is 16.4 Å². The summed E-state index contributed by atoms with van der Waals surface area (Å²) >= 11 is 6.16. The van der Waals surface area contributed by atoms with Crippen LogP contribution in [0, 0.1) is 5.41 Å². The van der Waals surface area contributed by atoms with Gasteiger partial charge in [-0.15, -0.1) is 0 Å². The van der Waals surface area contributed by atoms with Crippen LogP contribution in [0.4, 0.5) is 0 Å². The summed E-state index contributed by atoms with van der Waals surface area (Å²) in [6.45, 7) is 5.89. The molecule has 1 aliphatic rings. The number of aryl methyl sites for hydroxylation is 1. The maximum atomic E-state index is 13.8. The van der Waals surface area contributed by atoms with E-state index in [-0.39, 0.29) is 10.7 Å². The van der Waals surface area contributed by atoms with E-state index in [9.17, 15) is 9.32 Å². The summed E-state index contributed by atoms with van der Waals surface area (Å²) in [7, 11) is -0.995. The molecule has 5 rings (SSSR count). The molecule has 4 aromatic rings. The van der Waals surface area contributed by atoms with Crippen LogP contribution >= 0.6 is 11.6 Å². The minimum Gasteiger partial charge on any atom is -0.386 e. The van der Waals surface area contributed by atoms with Gasteiger partial charge in [-0.1, -0.05) is 85.3 Å². The molecule has 39 heavy (non-hydrogen) atoms. The molecule has 1 heterocycles. The Hall–Kier alpha value is -2.79. The van der Waals surface area contributed by atoms with Gasteiger partial charge in [0.1, 0.15) is 0 Å². The number of pyridine rings is 1. The van der Waals surface area contributed by atoms with E-state index in [2.05, 4.69) is 49.4 Å². The van der Waals surface area contributed by atoms with E-state index in [1.165, 1.54) is 0 Å². The first-order chi connectivity index (χ1) is 18.6. The average molecular weight is 558 g/mol. The maximum Gasteiger partial charge on any atom is 0.0843 e. The van der Waals surface area contributed by atoms with Gasteiger partial charge in [0.15, 0.2) is 0 Å². The number of halogens is 1.